The minimum absolute atomic E-state index is 0.227. The molecule has 1 aliphatic rings. The van der Waals surface area contributed by atoms with Crippen molar-refractivity contribution in [3.63, 3.8) is 0 Å². The van der Waals surface area contributed by atoms with Crippen molar-refractivity contribution in [2.24, 2.45) is 0 Å². The molecule has 2 heterocycles. The molecule has 21 heavy (non-hydrogen) atoms. The van der Waals surface area contributed by atoms with E-state index in [2.05, 4.69) is 23.9 Å². The topological polar surface area (TPSA) is 56.3 Å². The van der Waals surface area contributed by atoms with Gasteiger partial charge in [0.25, 0.3) is 0 Å². The van der Waals surface area contributed by atoms with E-state index < -0.39 is 5.82 Å². The Labute approximate surface area is 123 Å². The largest absolute Gasteiger partial charge is 0.494 e. The van der Waals surface area contributed by atoms with E-state index in [1.807, 2.05) is 4.57 Å². The average molecular weight is 292 g/mol. The fraction of sp³-hybridized carbons (Fsp3) is 0.533. The van der Waals surface area contributed by atoms with Crippen LogP contribution in [0.2, 0.25) is 0 Å². The highest BCUT2D eigenvalue weighted by Gasteiger charge is 2.27. The zero-order valence-electron chi connectivity index (χ0n) is 12.6. The van der Waals surface area contributed by atoms with Gasteiger partial charge in [0, 0.05) is 30.8 Å². The Balaban J connectivity index is 2.07. The maximum atomic E-state index is 13.8. The first kappa shape index (κ1) is 14.1. The number of nitrogens with zero attached hydrogens (tertiary/aromatic N) is 3. The van der Waals surface area contributed by atoms with Crippen LogP contribution in [0, 0.1) is 5.82 Å². The Kier molecular flexibility index (Phi) is 3.49. The fourth-order valence-corrected chi connectivity index (χ4v) is 3.15. The number of likely N-dealkylation sites (tertiary alicyclic amines) is 1. The number of halogens is 1. The Bertz CT molecular complexity index is 669. The lowest BCUT2D eigenvalue weighted by Gasteiger charge is -2.36. The molecule has 2 unspecified atom stereocenters. The van der Waals surface area contributed by atoms with Gasteiger partial charge in [0.05, 0.1) is 18.1 Å². The molecule has 0 saturated carbocycles. The van der Waals surface area contributed by atoms with E-state index >= 15 is 0 Å². The van der Waals surface area contributed by atoms with Crippen molar-refractivity contribution in [3.05, 3.63) is 17.9 Å². The summed E-state index contributed by atoms with van der Waals surface area (Å²) in [6.07, 6.45) is 2.02. The maximum absolute atomic E-state index is 13.8. The summed E-state index contributed by atoms with van der Waals surface area (Å²) in [5, 5.41) is 0. The van der Waals surface area contributed by atoms with Gasteiger partial charge in [0.2, 0.25) is 5.95 Å². The Morgan fingerprint density at radius 3 is 2.86 bits per heavy atom. The van der Waals surface area contributed by atoms with Crippen molar-refractivity contribution in [2.75, 3.05) is 26.4 Å². The number of piperidine rings is 1. The lowest BCUT2D eigenvalue weighted by Crippen LogP contribution is -2.38. The third-order valence-corrected chi connectivity index (χ3v) is 4.54. The van der Waals surface area contributed by atoms with Crippen LogP contribution in [-0.4, -0.2) is 41.2 Å². The van der Waals surface area contributed by atoms with Crippen LogP contribution in [0.1, 0.15) is 25.8 Å². The summed E-state index contributed by atoms with van der Waals surface area (Å²) < 4.78 is 20.9. The smallest absolute Gasteiger partial charge is 0.201 e. The van der Waals surface area contributed by atoms with Crippen molar-refractivity contribution in [1.82, 2.24) is 14.5 Å². The summed E-state index contributed by atoms with van der Waals surface area (Å²) in [6.45, 7) is 3.23. The van der Waals surface area contributed by atoms with Gasteiger partial charge in [0.1, 0.15) is 0 Å². The van der Waals surface area contributed by atoms with Gasteiger partial charge in [-0.3, -0.25) is 0 Å². The molecule has 0 aliphatic carbocycles. The molecule has 0 bridgehead atoms. The number of fused-ring (bicyclic) bond motifs is 1. The summed E-state index contributed by atoms with van der Waals surface area (Å²) in [5.74, 6) is 0.260. The number of imidazole rings is 1. The highest BCUT2D eigenvalue weighted by atomic mass is 19.1. The Hall–Kier alpha value is -1.82. The van der Waals surface area contributed by atoms with E-state index in [9.17, 15) is 4.39 Å². The van der Waals surface area contributed by atoms with E-state index in [0.717, 1.165) is 24.9 Å². The van der Waals surface area contributed by atoms with Gasteiger partial charge in [-0.15, -0.1) is 0 Å². The van der Waals surface area contributed by atoms with Crippen LogP contribution in [0.3, 0.4) is 0 Å². The number of rotatable bonds is 2. The molecule has 5 nitrogen and oxygen atoms in total. The molecule has 1 fully saturated rings. The molecule has 1 aliphatic heterocycles. The van der Waals surface area contributed by atoms with E-state index in [1.54, 1.807) is 6.07 Å². The molecule has 2 N–H and O–H groups in total. The zero-order chi connectivity index (χ0) is 15.1. The number of benzene rings is 1. The van der Waals surface area contributed by atoms with Crippen LogP contribution in [0.25, 0.3) is 11.0 Å². The van der Waals surface area contributed by atoms with Crippen LogP contribution in [0.15, 0.2) is 12.1 Å². The summed E-state index contributed by atoms with van der Waals surface area (Å²) >= 11 is 0. The molecule has 1 aromatic carbocycles. The quantitative estimate of drug-likeness (QED) is 0.923. The van der Waals surface area contributed by atoms with Crippen molar-refractivity contribution >= 4 is 17.0 Å². The maximum Gasteiger partial charge on any atom is 0.201 e. The van der Waals surface area contributed by atoms with Gasteiger partial charge < -0.3 is 19.9 Å². The predicted octanol–water partition coefficient (Wildman–Crippen LogP) is 2.42. The predicted molar refractivity (Wildman–Crippen MR) is 81.0 cm³/mol. The standard InChI is InChI=1S/C15H21FN4O/c1-9-6-10(4-5-19(9)2)20-13-8-14(21-3)11(16)7-12(13)18-15(20)17/h7-10H,4-6H2,1-3H3,(H2,17,18). The number of aromatic nitrogens is 2. The first-order valence-corrected chi connectivity index (χ1v) is 7.22. The molecule has 1 saturated heterocycles. The number of methoxy groups -OCH3 is 1. The van der Waals surface area contributed by atoms with Gasteiger partial charge in [-0.25, -0.2) is 9.37 Å². The normalized spacial score (nSPS) is 23.6. The van der Waals surface area contributed by atoms with E-state index in [1.165, 1.54) is 13.2 Å². The van der Waals surface area contributed by atoms with E-state index in [-0.39, 0.29) is 11.8 Å². The molecule has 1 aromatic heterocycles. The summed E-state index contributed by atoms with van der Waals surface area (Å²) in [4.78, 5) is 6.64. The van der Waals surface area contributed by atoms with Crippen molar-refractivity contribution in [3.8, 4) is 5.75 Å². The van der Waals surface area contributed by atoms with Gasteiger partial charge >= 0.3 is 0 Å². The molecule has 3 rings (SSSR count). The zero-order valence-corrected chi connectivity index (χ0v) is 12.6. The van der Waals surface area contributed by atoms with Gasteiger partial charge in [-0.05, 0) is 26.8 Å². The van der Waals surface area contributed by atoms with Crippen LogP contribution in [-0.2, 0) is 0 Å². The minimum atomic E-state index is -0.411. The van der Waals surface area contributed by atoms with E-state index in [4.69, 9.17) is 10.5 Å². The van der Waals surface area contributed by atoms with Gasteiger partial charge in [-0.1, -0.05) is 0 Å². The molecule has 2 atom stereocenters. The number of hydrogen-bond donors (Lipinski definition) is 1. The number of anilines is 1. The van der Waals surface area contributed by atoms with Crippen molar-refractivity contribution in [2.45, 2.75) is 31.8 Å². The second kappa shape index (κ2) is 5.18. The van der Waals surface area contributed by atoms with Crippen LogP contribution >= 0.6 is 0 Å². The lowest BCUT2D eigenvalue weighted by atomic mass is 9.98. The molecule has 0 radical (unpaired) electrons. The first-order valence-electron chi connectivity index (χ1n) is 7.22. The van der Waals surface area contributed by atoms with Crippen molar-refractivity contribution < 1.29 is 9.13 Å². The second-order valence-corrected chi connectivity index (χ2v) is 5.82. The minimum Gasteiger partial charge on any atom is -0.494 e. The molecule has 6 heteroatoms. The van der Waals surface area contributed by atoms with E-state index in [0.29, 0.717) is 17.5 Å². The monoisotopic (exact) mass is 292 g/mol. The molecular weight excluding hydrogens is 271 g/mol. The Morgan fingerprint density at radius 1 is 1.43 bits per heavy atom. The average Bonchev–Trinajstić information content (AvgIpc) is 2.76. The van der Waals surface area contributed by atoms with Crippen LogP contribution in [0.5, 0.6) is 5.75 Å². The number of nitrogen functional groups attached to an aromatic ring is 1. The van der Waals surface area contributed by atoms with Gasteiger partial charge in [0.15, 0.2) is 11.6 Å². The fourth-order valence-electron chi connectivity index (χ4n) is 3.15. The number of nitrogens with two attached hydrogens (primary N) is 1. The first-order chi connectivity index (χ1) is 10.0. The van der Waals surface area contributed by atoms with Crippen LogP contribution < -0.4 is 10.5 Å². The Morgan fingerprint density at radius 2 is 2.19 bits per heavy atom. The number of ether oxygens (including phenoxy) is 1. The second-order valence-electron chi connectivity index (χ2n) is 5.82. The lowest BCUT2D eigenvalue weighted by molar-refractivity contribution is 0.159. The third kappa shape index (κ3) is 2.33. The summed E-state index contributed by atoms with van der Waals surface area (Å²) in [7, 11) is 3.60. The number of hydrogen-bond acceptors (Lipinski definition) is 4. The molecule has 0 amide bonds. The molecule has 2 aromatic rings. The summed E-state index contributed by atoms with van der Waals surface area (Å²) in [6, 6.07) is 3.86. The summed E-state index contributed by atoms with van der Waals surface area (Å²) in [5.41, 5.74) is 7.50. The highest BCUT2D eigenvalue weighted by Crippen LogP contribution is 2.34. The highest BCUT2D eigenvalue weighted by molar-refractivity contribution is 5.80. The molecular formula is C15H21FN4O. The van der Waals surface area contributed by atoms with Gasteiger partial charge in [-0.2, -0.15) is 0 Å². The SMILES string of the molecule is COc1cc2c(cc1F)nc(N)n2C1CCN(C)C(C)C1. The molecule has 0 spiro atoms. The van der Waals surface area contributed by atoms with Crippen LogP contribution in [0.4, 0.5) is 10.3 Å². The van der Waals surface area contributed by atoms with Crippen molar-refractivity contribution in [1.29, 1.82) is 0 Å². The third-order valence-electron chi connectivity index (χ3n) is 4.54. The molecule has 114 valence electrons.